The number of nitrogens with one attached hydrogen (secondary N) is 1. The van der Waals surface area contributed by atoms with Crippen molar-refractivity contribution in [3.8, 4) is 0 Å². The van der Waals surface area contributed by atoms with Gasteiger partial charge in [0, 0.05) is 17.3 Å². The Labute approximate surface area is 125 Å². The third-order valence-electron chi connectivity index (χ3n) is 3.11. The van der Waals surface area contributed by atoms with Gasteiger partial charge in [-0.1, -0.05) is 36.4 Å². The summed E-state index contributed by atoms with van der Waals surface area (Å²) in [6.45, 7) is 2.31. The Hall–Kier alpha value is -1.10. The number of fused-ring (bicyclic) bond motifs is 1. The van der Waals surface area contributed by atoms with E-state index in [4.69, 9.17) is 11.6 Å². The molecule has 0 aromatic heterocycles. The Balaban J connectivity index is 2.19. The van der Waals surface area contributed by atoms with Gasteiger partial charge in [-0.05, 0) is 31.2 Å². The SMILES string of the molecule is CC(Cl)CCCNS(=O)(=O)c1cccc2ccccc12. The zero-order valence-electron chi connectivity index (χ0n) is 11.3. The van der Waals surface area contributed by atoms with E-state index in [1.54, 1.807) is 12.1 Å². The van der Waals surface area contributed by atoms with Gasteiger partial charge in [0.05, 0.1) is 4.90 Å². The van der Waals surface area contributed by atoms with Crippen molar-refractivity contribution in [1.29, 1.82) is 0 Å². The average molecular weight is 312 g/mol. The molecule has 1 atom stereocenters. The van der Waals surface area contributed by atoms with E-state index in [9.17, 15) is 8.42 Å². The van der Waals surface area contributed by atoms with Crippen LogP contribution in [-0.4, -0.2) is 20.3 Å². The van der Waals surface area contributed by atoms with Crippen LogP contribution >= 0.6 is 11.6 Å². The molecule has 2 rings (SSSR count). The lowest BCUT2D eigenvalue weighted by molar-refractivity contribution is 0.577. The quantitative estimate of drug-likeness (QED) is 0.655. The van der Waals surface area contributed by atoms with E-state index >= 15 is 0 Å². The second-order valence-electron chi connectivity index (χ2n) is 4.80. The normalized spacial score (nSPS) is 13.5. The summed E-state index contributed by atoms with van der Waals surface area (Å²) in [5.41, 5.74) is 0. The highest BCUT2D eigenvalue weighted by Gasteiger charge is 2.16. The first kappa shape index (κ1) is 15.3. The van der Waals surface area contributed by atoms with Crippen molar-refractivity contribution < 1.29 is 8.42 Å². The van der Waals surface area contributed by atoms with Crippen LogP contribution in [0, 0.1) is 0 Å². The van der Waals surface area contributed by atoms with Crippen molar-refractivity contribution in [2.45, 2.75) is 30.0 Å². The summed E-state index contributed by atoms with van der Waals surface area (Å²) in [5.74, 6) is 0. The molecule has 0 fully saturated rings. The zero-order valence-corrected chi connectivity index (χ0v) is 12.9. The first-order valence-electron chi connectivity index (χ1n) is 6.62. The highest BCUT2D eigenvalue weighted by molar-refractivity contribution is 7.89. The van der Waals surface area contributed by atoms with E-state index in [0.29, 0.717) is 11.4 Å². The molecule has 0 aliphatic rings. The fourth-order valence-electron chi connectivity index (χ4n) is 2.10. The molecule has 3 nitrogen and oxygen atoms in total. The average Bonchev–Trinajstić information content (AvgIpc) is 2.43. The van der Waals surface area contributed by atoms with E-state index < -0.39 is 10.0 Å². The maximum absolute atomic E-state index is 12.3. The summed E-state index contributed by atoms with van der Waals surface area (Å²) in [4.78, 5) is 0.328. The van der Waals surface area contributed by atoms with Crippen LogP contribution in [0.2, 0.25) is 0 Å². The molecule has 0 saturated heterocycles. The van der Waals surface area contributed by atoms with Gasteiger partial charge in [0.25, 0.3) is 0 Å². The van der Waals surface area contributed by atoms with E-state index in [1.165, 1.54) is 0 Å². The van der Waals surface area contributed by atoms with Crippen LogP contribution in [0.5, 0.6) is 0 Å². The number of rotatable bonds is 6. The first-order valence-corrected chi connectivity index (χ1v) is 8.54. The summed E-state index contributed by atoms with van der Waals surface area (Å²) < 4.78 is 27.3. The molecule has 108 valence electrons. The summed E-state index contributed by atoms with van der Waals surface area (Å²) >= 11 is 5.85. The van der Waals surface area contributed by atoms with Crippen LogP contribution in [0.4, 0.5) is 0 Å². The van der Waals surface area contributed by atoms with E-state index in [-0.39, 0.29) is 5.38 Å². The van der Waals surface area contributed by atoms with Gasteiger partial charge >= 0.3 is 0 Å². The number of benzene rings is 2. The number of hydrogen-bond acceptors (Lipinski definition) is 2. The fourth-order valence-corrected chi connectivity index (χ4v) is 3.55. The minimum atomic E-state index is -3.48. The van der Waals surface area contributed by atoms with Gasteiger partial charge in [0.15, 0.2) is 0 Å². The molecular formula is C15H18ClNO2S. The van der Waals surface area contributed by atoms with Gasteiger partial charge in [0.1, 0.15) is 0 Å². The Kier molecular flexibility index (Phi) is 5.02. The zero-order chi connectivity index (χ0) is 14.6. The minimum Gasteiger partial charge on any atom is -0.211 e. The lowest BCUT2D eigenvalue weighted by Gasteiger charge is -2.10. The number of hydrogen-bond donors (Lipinski definition) is 1. The van der Waals surface area contributed by atoms with Crippen LogP contribution in [0.15, 0.2) is 47.4 Å². The van der Waals surface area contributed by atoms with Crippen LogP contribution < -0.4 is 4.72 Å². The van der Waals surface area contributed by atoms with Crippen LogP contribution in [0.1, 0.15) is 19.8 Å². The fraction of sp³-hybridized carbons (Fsp3) is 0.333. The Bertz CT molecular complexity index is 678. The van der Waals surface area contributed by atoms with Gasteiger partial charge in [0.2, 0.25) is 10.0 Å². The lowest BCUT2D eigenvalue weighted by Crippen LogP contribution is -2.25. The third-order valence-corrected chi connectivity index (χ3v) is 4.85. The highest BCUT2D eigenvalue weighted by atomic mass is 35.5. The lowest BCUT2D eigenvalue weighted by atomic mass is 10.1. The molecule has 0 aliphatic heterocycles. The highest BCUT2D eigenvalue weighted by Crippen LogP contribution is 2.22. The van der Waals surface area contributed by atoms with Crippen molar-refractivity contribution in [3.63, 3.8) is 0 Å². The van der Waals surface area contributed by atoms with E-state index in [1.807, 2.05) is 37.3 Å². The summed E-state index contributed by atoms with van der Waals surface area (Å²) in [6.07, 6.45) is 1.52. The molecule has 0 radical (unpaired) electrons. The molecular weight excluding hydrogens is 294 g/mol. The predicted molar refractivity (Wildman–Crippen MR) is 83.7 cm³/mol. The monoisotopic (exact) mass is 311 g/mol. The van der Waals surface area contributed by atoms with E-state index in [2.05, 4.69) is 4.72 Å². The van der Waals surface area contributed by atoms with Gasteiger partial charge in [-0.2, -0.15) is 0 Å². The van der Waals surface area contributed by atoms with Crippen molar-refractivity contribution in [1.82, 2.24) is 4.72 Å². The molecule has 0 amide bonds. The summed E-state index contributed by atoms with van der Waals surface area (Å²) in [6, 6.07) is 12.8. The smallest absolute Gasteiger partial charge is 0.211 e. The maximum atomic E-state index is 12.3. The van der Waals surface area contributed by atoms with Gasteiger partial charge in [-0.3, -0.25) is 0 Å². The van der Waals surface area contributed by atoms with Crippen molar-refractivity contribution in [2.75, 3.05) is 6.54 Å². The number of halogens is 1. The molecule has 0 aliphatic carbocycles. The van der Waals surface area contributed by atoms with Crippen LogP contribution in [-0.2, 0) is 10.0 Å². The second-order valence-corrected chi connectivity index (χ2v) is 7.28. The van der Waals surface area contributed by atoms with E-state index in [0.717, 1.165) is 23.6 Å². The van der Waals surface area contributed by atoms with Gasteiger partial charge in [-0.25, -0.2) is 13.1 Å². The third kappa shape index (κ3) is 3.72. The molecule has 1 N–H and O–H groups in total. The van der Waals surface area contributed by atoms with Gasteiger partial charge in [-0.15, -0.1) is 11.6 Å². The topological polar surface area (TPSA) is 46.2 Å². The predicted octanol–water partition coefficient (Wildman–Crippen LogP) is 3.53. The number of alkyl halides is 1. The molecule has 0 bridgehead atoms. The van der Waals surface area contributed by atoms with Gasteiger partial charge < -0.3 is 0 Å². The van der Waals surface area contributed by atoms with Crippen molar-refractivity contribution >= 4 is 32.4 Å². The standard InChI is InChI=1S/C15H18ClNO2S/c1-12(16)6-5-11-17-20(18,19)15-10-4-8-13-7-2-3-9-14(13)15/h2-4,7-10,12,17H,5-6,11H2,1H3. The van der Waals surface area contributed by atoms with Crippen molar-refractivity contribution in [3.05, 3.63) is 42.5 Å². The maximum Gasteiger partial charge on any atom is 0.241 e. The minimum absolute atomic E-state index is 0.0667. The molecule has 0 spiro atoms. The van der Waals surface area contributed by atoms with Crippen LogP contribution in [0.3, 0.4) is 0 Å². The summed E-state index contributed by atoms with van der Waals surface area (Å²) in [5, 5.41) is 1.73. The molecule has 0 heterocycles. The Morgan fingerprint density at radius 2 is 1.85 bits per heavy atom. The molecule has 2 aromatic carbocycles. The molecule has 5 heteroatoms. The largest absolute Gasteiger partial charge is 0.241 e. The molecule has 2 aromatic rings. The Morgan fingerprint density at radius 3 is 2.60 bits per heavy atom. The van der Waals surface area contributed by atoms with Crippen molar-refractivity contribution in [2.24, 2.45) is 0 Å². The summed E-state index contributed by atoms with van der Waals surface area (Å²) in [7, 11) is -3.48. The molecule has 20 heavy (non-hydrogen) atoms. The number of sulfonamides is 1. The molecule has 0 saturated carbocycles. The first-order chi connectivity index (χ1) is 9.50. The van der Waals surface area contributed by atoms with Crippen LogP contribution in [0.25, 0.3) is 10.8 Å². The Morgan fingerprint density at radius 1 is 1.15 bits per heavy atom. The second kappa shape index (κ2) is 6.57. The molecule has 1 unspecified atom stereocenters.